The van der Waals surface area contributed by atoms with Crippen LogP contribution in [0.4, 0.5) is 5.13 Å². The van der Waals surface area contributed by atoms with Crippen molar-refractivity contribution in [1.82, 2.24) is 15.2 Å². The molecular formula is C15H15IN6O6S2. The van der Waals surface area contributed by atoms with Crippen LogP contribution in [0.3, 0.4) is 0 Å². The van der Waals surface area contributed by atoms with Gasteiger partial charge in [-0.05, 0) is 5.57 Å². The molecule has 6 N–H and O–H groups in total. The van der Waals surface area contributed by atoms with E-state index in [9.17, 15) is 24.3 Å². The maximum absolute atomic E-state index is 12.8. The third-order valence-electron chi connectivity index (χ3n) is 4.04. The van der Waals surface area contributed by atoms with Crippen molar-refractivity contribution in [3.8, 4) is 0 Å². The monoisotopic (exact) mass is 566 g/mol. The number of halogens is 1. The second-order valence-corrected chi connectivity index (χ2v) is 8.76. The first-order valence-corrected chi connectivity index (χ1v) is 11.7. The number of thiazole rings is 1. The lowest BCUT2D eigenvalue weighted by Crippen LogP contribution is -2.71. The Morgan fingerprint density at radius 3 is 2.77 bits per heavy atom. The number of nitrogens with one attached hydrogen (secondary N) is 1. The van der Waals surface area contributed by atoms with Crippen molar-refractivity contribution in [2.24, 2.45) is 10.9 Å². The minimum atomic E-state index is -1.19. The molecule has 12 nitrogen and oxygen atoms in total. The van der Waals surface area contributed by atoms with E-state index in [0.717, 1.165) is 11.3 Å². The lowest BCUT2D eigenvalue weighted by atomic mass is 10.0. The smallest absolute Gasteiger partial charge is 0.352 e. The van der Waals surface area contributed by atoms with E-state index in [2.05, 4.69) is 15.5 Å². The van der Waals surface area contributed by atoms with E-state index < -0.39 is 41.7 Å². The van der Waals surface area contributed by atoms with Gasteiger partial charge in [-0.25, -0.2) is 9.78 Å². The maximum atomic E-state index is 12.8. The van der Waals surface area contributed by atoms with Crippen molar-refractivity contribution in [2.45, 2.75) is 11.4 Å². The third kappa shape index (κ3) is 4.36. The van der Waals surface area contributed by atoms with Gasteiger partial charge in [0.15, 0.2) is 17.5 Å². The Balaban J connectivity index is 1.79. The molecule has 0 radical (unpaired) electrons. The highest BCUT2D eigenvalue weighted by Gasteiger charge is 2.54. The molecule has 2 aliphatic rings. The summed E-state index contributed by atoms with van der Waals surface area (Å²) in [4.78, 5) is 57.7. The number of fused-ring (bicyclic) bond motifs is 1. The second-order valence-electron chi connectivity index (χ2n) is 6.00. The number of alkyl halides is 1. The number of rotatable bonds is 8. The van der Waals surface area contributed by atoms with Crippen LogP contribution in [-0.4, -0.2) is 72.6 Å². The number of hydrogen-bond acceptors (Lipinski definition) is 10. The predicted molar refractivity (Wildman–Crippen MR) is 117 cm³/mol. The highest BCUT2D eigenvalue weighted by Crippen LogP contribution is 2.40. The van der Waals surface area contributed by atoms with Crippen LogP contribution in [0.15, 0.2) is 21.8 Å². The number of nitrogens with two attached hydrogens (primary N) is 2. The topological polar surface area (TPSA) is 190 Å². The average Bonchev–Trinajstić information content (AvgIpc) is 3.13. The summed E-state index contributed by atoms with van der Waals surface area (Å²) in [6.07, 6.45) is 0. The van der Waals surface area contributed by atoms with Gasteiger partial charge in [-0.15, -0.1) is 23.1 Å². The van der Waals surface area contributed by atoms with Crippen LogP contribution in [0.5, 0.6) is 0 Å². The number of anilines is 1. The number of thioether (sulfide) groups is 1. The summed E-state index contributed by atoms with van der Waals surface area (Å²) < 4.78 is 0.471. The van der Waals surface area contributed by atoms with E-state index in [0.29, 0.717) is 15.8 Å². The number of aromatic nitrogens is 1. The van der Waals surface area contributed by atoms with Crippen molar-refractivity contribution in [1.29, 1.82) is 0 Å². The summed E-state index contributed by atoms with van der Waals surface area (Å²) in [6.45, 7) is -0.559. The number of nitrogen functional groups attached to an aromatic ring is 1. The van der Waals surface area contributed by atoms with E-state index in [1.165, 1.54) is 22.0 Å². The maximum Gasteiger partial charge on any atom is 0.352 e. The summed E-state index contributed by atoms with van der Waals surface area (Å²) in [6, 6.07) is -0.954. The first-order chi connectivity index (χ1) is 14.2. The molecule has 0 aromatic carbocycles. The Bertz CT molecular complexity index is 979. The minimum absolute atomic E-state index is 0.0467. The molecule has 3 amide bonds. The molecule has 2 aliphatic heterocycles. The largest absolute Gasteiger partial charge is 0.477 e. The zero-order valence-corrected chi connectivity index (χ0v) is 18.8. The Morgan fingerprint density at radius 2 is 2.20 bits per heavy atom. The van der Waals surface area contributed by atoms with E-state index >= 15 is 0 Å². The standard InChI is InChI=1S/C15H15IN6O6S2/c16-1-5-3-29-13-9(12(25)22(13)10(5)14(26)27)20-11(24)8(21-28-2-7(17)23)6-4-30-15(18)19-6/h4,9,13H,1-3H2,(H2,17,23)(H2,18,19)(H,20,24)(H,26,27)/b21-8-/t9-,13+/m1/s1. The number of carboxylic acids is 1. The second kappa shape index (κ2) is 9.17. The van der Waals surface area contributed by atoms with Gasteiger partial charge in [0.2, 0.25) is 0 Å². The molecule has 2 atom stereocenters. The summed E-state index contributed by atoms with van der Waals surface area (Å²) >= 11 is 4.46. The van der Waals surface area contributed by atoms with Gasteiger partial charge in [-0.3, -0.25) is 19.3 Å². The number of primary amides is 1. The first kappa shape index (κ1) is 22.3. The van der Waals surface area contributed by atoms with Crippen LogP contribution in [0, 0.1) is 0 Å². The normalized spacial score (nSPS) is 21.0. The Labute approximate surface area is 191 Å². The first-order valence-electron chi connectivity index (χ1n) is 8.21. The number of amides is 3. The molecule has 0 unspecified atom stereocenters. The highest BCUT2D eigenvalue weighted by atomic mass is 127. The minimum Gasteiger partial charge on any atom is -0.477 e. The van der Waals surface area contributed by atoms with Gasteiger partial charge in [0.1, 0.15) is 22.8 Å². The summed E-state index contributed by atoms with van der Waals surface area (Å²) in [5, 5.41) is 16.7. The van der Waals surface area contributed by atoms with Crippen molar-refractivity contribution in [3.63, 3.8) is 0 Å². The van der Waals surface area contributed by atoms with Gasteiger partial charge >= 0.3 is 5.97 Å². The lowest BCUT2D eigenvalue weighted by Gasteiger charge is -2.49. The lowest BCUT2D eigenvalue weighted by molar-refractivity contribution is -0.150. The van der Waals surface area contributed by atoms with E-state index in [1.807, 2.05) is 22.6 Å². The van der Waals surface area contributed by atoms with Crippen molar-refractivity contribution in [2.75, 3.05) is 22.5 Å². The van der Waals surface area contributed by atoms with E-state index in [1.54, 1.807) is 0 Å². The van der Waals surface area contributed by atoms with Crippen LogP contribution in [0.2, 0.25) is 0 Å². The van der Waals surface area contributed by atoms with Gasteiger partial charge in [0.25, 0.3) is 17.7 Å². The van der Waals surface area contributed by atoms with Crippen molar-refractivity contribution >= 4 is 80.2 Å². The molecule has 160 valence electrons. The van der Waals surface area contributed by atoms with Crippen LogP contribution in [0.1, 0.15) is 5.69 Å². The Kier molecular flexibility index (Phi) is 6.81. The van der Waals surface area contributed by atoms with Gasteiger partial charge in [0.05, 0.1) is 0 Å². The molecule has 0 spiro atoms. The van der Waals surface area contributed by atoms with Gasteiger partial charge < -0.3 is 26.7 Å². The van der Waals surface area contributed by atoms with Crippen LogP contribution >= 0.6 is 45.7 Å². The number of β-lactam (4-membered cyclic amide) rings is 1. The van der Waals surface area contributed by atoms with Gasteiger partial charge in [-0.2, -0.15) is 0 Å². The Hall–Kier alpha value is -2.40. The fraction of sp³-hybridized carbons (Fsp3) is 0.333. The molecule has 30 heavy (non-hydrogen) atoms. The van der Waals surface area contributed by atoms with Gasteiger partial charge in [0, 0.05) is 15.6 Å². The van der Waals surface area contributed by atoms with Crippen LogP contribution in [0.25, 0.3) is 0 Å². The molecule has 1 fully saturated rings. The Morgan fingerprint density at radius 1 is 1.47 bits per heavy atom. The molecule has 1 saturated heterocycles. The molecule has 0 bridgehead atoms. The molecular weight excluding hydrogens is 551 g/mol. The van der Waals surface area contributed by atoms with Crippen molar-refractivity contribution in [3.05, 3.63) is 22.3 Å². The fourth-order valence-corrected chi connectivity index (χ4v) is 5.65. The number of carboxylic acid groups (broad SMARTS) is 1. The summed E-state index contributed by atoms with van der Waals surface area (Å²) in [5.74, 6) is -2.89. The average molecular weight is 566 g/mol. The molecule has 1 aromatic rings. The molecule has 3 heterocycles. The summed E-state index contributed by atoms with van der Waals surface area (Å²) in [7, 11) is 0. The zero-order valence-electron chi connectivity index (χ0n) is 15.0. The molecule has 15 heteroatoms. The van der Waals surface area contributed by atoms with Crippen LogP contribution in [-0.2, 0) is 24.0 Å². The highest BCUT2D eigenvalue weighted by molar-refractivity contribution is 14.1. The third-order valence-corrected chi connectivity index (χ3v) is 6.97. The number of carbonyl (C=O) groups is 4. The number of nitrogens with zero attached hydrogens (tertiary/aromatic N) is 3. The number of carbonyl (C=O) groups excluding carboxylic acids is 3. The molecule has 0 saturated carbocycles. The predicted octanol–water partition coefficient (Wildman–Crippen LogP) is -0.895. The van der Waals surface area contributed by atoms with Crippen molar-refractivity contribution < 1.29 is 29.1 Å². The number of hydrogen-bond donors (Lipinski definition) is 4. The molecule has 3 rings (SSSR count). The number of oxime groups is 1. The molecule has 1 aromatic heterocycles. The SMILES string of the molecule is NC(=O)CO/N=C(\C(=O)N[C@@H]1C(=O)N2C(C(=O)O)=C(CI)CS[C@@H]12)c1csc(N)n1. The van der Waals surface area contributed by atoms with Crippen LogP contribution < -0.4 is 16.8 Å². The summed E-state index contributed by atoms with van der Waals surface area (Å²) in [5.41, 5.74) is 11.0. The fourth-order valence-electron chi connectivity index (χ4n) is 2.76. The van der Waals surface area contributed by atoms with Gasteiger partial charge in [-0.1, -0.05) is 27.7 Å². The quantitative estimate of drug-likeness (QED) is 0.102. The zero-order chi connectivity index (χ0) is 22.0. The molecule has 0 aliphatic carbocycles. The number of aliphatic carboxylic acids is 1. The van der Waals surface area contributed by atoms with E-state index in [-0.39, 0.29) is 22.2 Å². The van der Waals surface area contributed by atoms with E-state index in [4.69, 9.17) is 16.3 Å².